The summed E-state index contributed by atoms with van der Waals surface area (Å²) in [5, 5.41) is 0.453. The molecule has 3 nitrogen and oxygen atoms in total. The summed E-state index contributed by atoms with van der Waals surface area (Å²) in [6.45, 7) is 3.43. The Morgan fingerprint density at radius 1 is 1.38 bits per heavy atom. The lowest BCUT2D eigenvalue weighted by molar-refractivity contribution is -0.116. The Kier molecular flexibility index (Phi) is 4.19. The summed E-state index contributed by atoms with van der Waals surface area (Å²) in [6.07, 6.45) is 0.311. The minimum Gasteiger partial charge on any atom is -0.493 e. The molecule has 0 saturated carbocycles. The molecular weight excluding hydrogens is 228 g/mol. The minimum atomic E-state index is 0.0669. The molecule has 0 aliphatic carbocycles. The van der Waals surface area contributed by atoms with E-state index in [0.29, 0.717) is 22.9 Å². The molecule has 0 aromatic heterocycles. The van der Waals surface area contributed by atoms with E-state index in [9.17, 15) is 4.79 Å². The van der Waals surface area contributed by atoms with Crippen LogP contribution in [0.25, 0.3) is 0 Å². The molecule has 0 N–H and O–H groups in total. The van der Waals surface area contributed by atoms with Gasteiger partial charge in [0.2, 0.25) is 0 Å². The molecule has 0 heterocycles. The van der Waals surface area contributed by atoms with Crippen LogP contribution in [-0.2, 0) is 11.2 Å². The molecule has 0 radical (unpaired) electrons. The fraction of sp³-hybridized carbons (Fsp3) is 0.417. The van der Waals surface area contributed by atoms with Crippen molar-refractivity contribution in [3.63, 3.8) is 0 Å². The Morgan fingerprint density at radius 2 is 2.00 bits per heavy atom. The largest absolute Gasteiger partial charge is 0.493 e. The quantitative estimate of drug-likeness (QED) is 0.815. The number of carbonyl (C=O) groups excluding carboxylic acids is 1. The summed E-state index contributed by atoms with van der Waals surface area (Å²) >= 11 is 6.18. The van der Waals surface area contributed by atoms with Crippen LogP contribution in [0.5, 0.6) is 11.5 Å². The summed E-state index contributed by atoms with van der Waals surface area (Å²) in [5.74, 6) is 1.13. The molecule has 1 aromatic rings. The van der Waals surface area contributed by atoms with Gasteiger partial charge in [0.15, 0.2) is 11.5 Å². The number of ether oxygens (including phenoxy) is 2. The van der Waals surface area contributed by atoms with Crippen LogP contribution in [0.15, 0.2) is 6.07 Å². The Hall–Kier alpha value is -1.22. The standard InChI is InChI=1S/C12H15ClO3/c1-7-5-10(15-3)12(16-4)11(13)9(7)6-8(2)14/h5H,6H2,1-4H3. The molecule has 0 bridgehead atoms. The third kappa shape index (κ3) is 2.47. The molecule has 0 aliphatic heterocycles. The van der Waals surface area contributed by atoms with Crippen LogP contribution >= 0.6 is 11.6 Å². The predicted octanol–water partition coefficient (Wildman–Crippen LogP) is 2.80. The Morgan fingerprint density at radius 3 is 2.44 bits per heavy atom. The highest BCUT2D eigenvalue weighted by atomic mass is 35.5. The molecule has 0 atom stereocenters. The molecular formula is C12H15ClO3. The van der Waals surface area contributed by atoms with Gasteiger partial charge in [0, 0.05) is 6.42 Å². The van der Waals surface area contributed by atoms with Crippen molar-refractivity contribution < 1.29 is 14.3 Å². The van der Waals surface area contributed by atoms with Crippen molar-refractivity contribution in [3.05, 3.63) is 22.2 Å². The van der Waals surface area contributed by atoms with Gasteiger partial charge in [0.05, 0.1) is 19.2 Å². The molecule has 4 heteroatoms. The highest BCUT2D eigenvalue weighted by molar-refractivity contribution is 6.33. The van der Waals surface area contributed by atoms with Crippen LogP contribution in [0.2, 0.25) is 5.02 Å². The second-order valence-corrected chi connectivity index (χ2v) is 3.98. The van der Waals surface area contributed by atoms with Gasteiger partial charge < -0.3 is 9.47 Å². The molecule has 0 unspecified atom stereocenters. The summed E-state index contributed by atoms with van der Waals surface area (Å²) < 4.78 is 10.3. The number of rotatable bonds is 4. The zero-order chi connectivity index (χ0) is 12.3. The zero-order valence-electron chi connectivity index (χ0n) is 9.89. The van der Waals surface area contributed by atoms with E-state index in [2.05, 4.69) is 0 Å². The van der Waals surface area contributed by atoms with Crippen LogP contribution < -0.4 is 9.47 Å². The van der Waals surface area contributed by atoms with E-state index in [0.717, 1.165) is 11.1 Å². The van der Waals surface area contributed by atoms with Gasteiger partial charge in [-0.25, -0.2) is 0 Å². The second kappa shape index (κ2) is 5.21. The van der Waals surface area contributed by atoms with Crippen molar-refractivity contribution in [2.75, 3.05) is 14.2 Å². The molecule has 0 amide bonds. The van der Waals surface area contributed by atoms with Crippen LogP contribution in [0.1, 0.15) is 18.1 Å². The topological polar surface area (TPSA) is 35.5 Å². The van der Waals surface area contributed by atoms with Gasteiger partial charge in [0.25, 0.3) is 0 Å². The maximum absolute atomic E-state index is 11.1. The Labute approximate surface area is 100 Å². The van der Waals surface area contributed by atoms with Crippen LogP contribution in [-0.4, -0.2) is 20.0 Å². The lowest BCUT2D eigenvalue weighted by Crippen LogP contribution is -2.02. The average Bonchev–Trinajstić information content (AvgIpc) is 2.23. The van der Waals surface area contributed by atoms with E-state index in [-0.39, 0.29) is 5.78 Å². The van der Waals surface area contributed by atoms with Crippen molar-refractivity contribution >= 4 is 17.4 Å². The first-order chi connectivity index (χ1) is 7.51. The number of methoxy groups -OCH3 is 2. The van der Waals surface area contributed by atoms with Gasteiger partial charge in [-0.15, -0.1) is 0 Å². The van der Waals surface area contributed by atoms with Gasteiger partial charge in [0.1, 0.15) is 5.78 Å². The second-order valence-electron chi connectivity index (χ2n) is 3.60. The van der Waals surface area contributed by atoms with E-state index in [4.69, 9.17) is 21.1 Å². The fourth-order valence-corrected chi connectivity index (χ4v) is 1.96. The van der Waals surface area contributed by atoms with E-state index in [1.165, 1.54) is 14.0 Å². The minimum absolute atomic E-state index is 0.0669. The maximum atomic E-state index is 11.1. The van der Waals surface area contributed by atoms with Crippen molar-refractivity contribution in [2.24, 2.45) is 0 Å². The van der Waals surface area contributed by atoms with Crippen LogP contribution in [0, 0.1) is 6.92 Å². The van der Waals surface area contributed by atoms with Gasteiger partial charge in [-0.1, -0.05) is 11.6 Å². The van der Waals surface area contributed by atoms with E-state index < -0.39 is 0 Å². The van der Waals surface area contributed by atoms with Gasteiger partial charge in [-0.2, -0.15) is 0 Å². The molecule has 0 fully saturated rings. The van der Waals surface area contributed by atoms with E-state index in [1.807, 2.05) is 13.0 Å². The highest BCUT2D eigenvalue weighted by Crippen LogP contribution is 2.39. The lowest BCUT2D eigenvalue weighted by Gasteiger charge is -2.14. The molecule has 1 aromatic carbocycles. The number of benzene rings is 1. The summed E-state index contributed by atoms with van der Waals surface area (Å²) in [5.41, 5.74) is 1.73. The van der Waals surface area contributed by atoms with E-state index in [1.54, 1.807) is 7.11 Å². The first kappa shape index (κ1) is 12.8. The average molecular weight is 243 g/mol. The third-order valence-corrected chi connectivity index (χ3v) is 2.76. The number of aryl methyl sites for hydroxylation is 1. The third-order valence-electron chi connectivity index (χ3n) is 2.36. The SMILES string of the molecule is COc1cc(C)c(CC(C)=O)c(Cl)c1OC. The fourth-order valence-electron chi connectivity index (χ4n) is 1.58. The van der Waals surface area contributed by atoms with Crippen molar-refractivity contribution in [1.29, 1.82) is 0 Å². The number of hydrogen-bond acceptors (Lipinski definition) is 3. The first-order valence-corrected chi connectivity index (χ1v) is 5.28. The zero-order valence-corrected chi connectivity index (χ0v) is 10.6. The number of halogens is 1. The summed E-state index contributed by atoms with van der Waals surface area (Å²) in [6, 6.07) is 1.82. The van der Waals surface area contributed by atoms with Gasteiger partial charge in [-0.05, 0) is 31.0 Å². The van der Waals surface area contributed by atoms with Crippen LogP contribution in [0.3, 0.4) is 0 Å². The monoisotopic (exact) mass is 242 g/mol. The van der Waals surface area contributed by atoms with Crippen molar-refractivity contribution in [3.8, 4) is 11.5 Å². The van der Waals surface area contributed by atoms with Crippen molar-refractivity contribution in [1.82, 2.24) is 0 Å². The lowest BCUT2D eigenvalue weighted by atomic mass is 10.0. The van der Waals surface area contributed by atoms with Crippen molar-refractivity contribution in [2.45, 2.75) is 20.3 Å². The Bertz CT molecular complexity index is 413. The highest BCUT2D eigenvalue weighted by Gasteiger charge is 2.16. The molecule has 1 rings (SSSR count). The number of hydrogen-bond donors (Lipinski definition) is 0. The molecule has 0 aliphatic rings. The maximum Gasteiger partial charge on any atom is 0.179 e. The predicted molar refractivity (Wildman–Crippen MR) is 63.7 cm³/mol. The molecule has 0 spiro atoms. The number of ketones is 1. The van der Waals surface area contributed by atoms with Gasteiger partial charge >= 0.3 is 0 Å². The molecule has 0 saturated heterocycles. The first-order valence-electron chi connectivity index (χ1n) is 4.90. The summed E-state index contributed by atoms with van der Waals surface area (Å²) in [7, 11) is 3.08. The molecule has 16 heavy (non-hydrogen) atoms. The number of carbonyl (C=O) groups is 1. The van der Waals surface area contributed by atoms with Crippen LogP contribution in [0.4, 0.5) is 0 Å². The number of Topliss-reactive ketones (excluding diaryl/α,β-unsaturated/α-hetero) is 1. The molecule has 88 valence electrons. The Balaban J connectivity index is 3.34. The van der Waals surface area contributed by atoms with E-state index >= 15 is 0 Å². The summed E-state index contributed by atoms with van der Waals surface area (Å²) in [4.78, 5) is 11.1. The smallest absolute Gasteiger partial charge is 0.179 e. The van der Waals surface area contributed by atoms with Gasteiger partial charge in [-0.3, -0.25) is 4.79 Å². The normalized spacial score (nSPS) is 10.1.